The molecule has 0 heterocycles. The fourth-order valence-electron chi connectivity index (χ4n) is 1.84. The molecule has 0 aliphatic rings. The lowest BCUT2D eigenvalue weighted by atomic mass is 10.0. The van der Waals surface area contributed by atoms with Gasteiger partial charge in [0.15, 0.2) is 0 Å². The van der Waals surface area contributed by atoms with Crippen LogP contribution in [-0.2, 0) is 0 Å². The van der Waals surface area contributed by atoms with E-state index in [-0.39, 0.29) is 0 Å². The smallest absolute Gasteiger partial charge is 0.00870 e. The maximum absolute atomic E-state index is 5.69. The van der Waals surface area contributed by atoms with Gasteiger partial charge < -0.3 is 10.6 Å². The Morgan fingerprint density at radius 1 is 1.08 bits per heavy atom. The van der Waals surface area contributed by atoms with Gasteiger partial charge in [0.1, 0.15) is 0 Å². The maximum atomic E-state index is 5.69. The lowest BCUT2D eigenvalue weighted by Crippen LogP contribution is -2.36. The lowest BCUT2D eigenvalue weighted by Gasteiger charge is -2.29. The van der Waals surface area contributed by atoms with Crippen molar-refractivity contribution in [1.82, 2.24) is 4.90 Å². The number of rotatable bonds is 7. The van der Waals surface area contributed by atoms with Crippen molar-refractivity contribution in [2.75, 3.05) is 20.1 Å². The second kappa shape index (κ2) is 7.34. The summed E-state index contributed by atoms with van der Waals surface area (Å²) in [6.07, 6.45) is 3.68. The van der Waals surface area contributed by atoms with Crippen molar-refractivity contribution in [1.29, 1.82) is 0 Å². The Bertz CT molecular complexity index is 107. The Hall–Kier alpha value is -0.0800. The number of hydrogen-bond donors (Lipinski definition) is 1. The molecular weight excluding hydrogens is 160 g/mol. The molecule has 2 nitrogen and oxygen atoms in total. The van der Waals surface area contributed by atoms with Gasteiger partial charge in [-0.1, -0.05) is 27.2 Å². The molecule has 1 atom stereocenters. The zero-order valence-corrected chi connectivity index (χ0v) is 9.71. The highest BCUT2D eigenvalue weighted by molar-refractivity contribution is 4.69. The SMILES string of the molecule is CCC(CN)CN(C)C(CC)CC. The molecule has 0 saturated carbocycles. The van der Waals surface area contributed by atoms with Crippen molar-refractivity contribution in [3.05, 3.63) is 0 Å². The lowest BCUT2D eigenvalue weighted by molar-refractivity contribution is 0.195. The summed E-state index contributed by atoms with van der Waals surface area (Å²) >= 11 is 0. The second-order valence-corrected chi connectivity index (χ2v) is 3.92. The summed E-state index contributed by atoms with van der Waals surface area (Å²) in [5.41, 5.74) is 5.69. The predicted octanol–water partition coefficient (Wildman–Crippen LogP) is 2.09. The average Bonchev–Trinajstić information content (AvgIpc) is 2.16. The van der Waals surface area contributed by atoms with Crippen molar-refractivity contribution in [2.24, 2.45) is 11.7 Å². The Labute approximate surface area is 83.5 Å². The van der Waals surface area contributed by atoms with Gasteiger partial charge in [-0.2, -0.15) is 0 Å². The van der Waals surface area contributed by atoms with E-state index in [9.17, 15) is 0 Å². The minimum atomic E-state index is 0.672. The quantitative estimate of drug-likeness (QED) is 0.659. The zero-order valence-electron chi connectivity index (χ0n) is 9.71. The van der Waals surface area contributed by atoms with Crippen LogP contribution < -0.4 is 5.73 Å². The molecule has 0 saturated heterocycles. The highest BCUT2D eigenvalue weighted by Crippen LogP contribution is 2.10. The van der Waals surface area contributed by atoms with E-state index in [1.165, 1.54) is 19.3 Å². The molecule has 0 fully saturated rings. The van der Waals surface area contributed by atoms with E-state index in [0.29, 0.717) is 5.92 Å². The Morgan fingerprint density at radius 2 is 1.62 bits per heavy atom. The normalized spacial score (nSPS) is 14.1. The van der Waals surface area contributed by atoms with Gasteiger partial charge in [0, 0.05) is 12.6 Å². The van der Waals surface area contributed by atoms with Crippen LogP contribution >= 0.6 is 0 Å². The van der Waals surface area contributed by atoms with E-state index in [0.717, 1.165) is 19.1 Å². The minimum absolute atomic E-state index is 0.672. The molecule has 0 aliphatic carbocycles. The van der Waals surface area contributed by atoms with Crippen LogP contribution in [0.15, 0.2) is 0 Å². The summed E-state index contributed by atoms with van der Waals surface area (Å²) in [5.74, 6) is 0.672. The third-order valence-electron chi connectivity index (χ3n) is 3.02. The van der Waals surface area contributed by atoms with Crippen LogP contribution in [0.4, 0.5) is 0 Å². The first-order valence-corrected chi connectivity index (χ1v) is 5.59. The van der Waals surface area contributed by atoms with E-state index >= 15 is 0 Å². The molecular formula is C11H26N2. The second-order valence-electron chi connectivity index (χ2n) is 3.92. The Balaban J connectivity index is 3.87. The number of nitrogens with zero attached hydrogens (tertiary/aromatic N) is 1. The third-order valence-corrected chi connectivity index (χ3v) is 3.02. The molecule has 0 radical (unpaired) electrons. The monoisotopic (exact) mass is 186 g/mol. The number of hydrogen-bond acceptors (Lipinski definition) is 2. The molecule has 1 unspecified atom stereocenters. The van der Waals surface area contributed by atoms with Gasteiger partial charge in [-0.05, 0) is 32.4 Å². The van der Waals surface area contributed by atoms with Gasteiger partial charge in [-0.25, -0.2) is 0 Å². The molecule has 0 spiro atoms. The summed E-state index contributed by atoms with van der Waals surface area (Å²) in [6.45, 7) is 8.71. The van der Waals surface area contributed by atoms with Crippen LogP contribution in [0, 0.1) is 5.92 Å². The van der Waals surface area contributed by atoms with E-state index < -0.39 is 0 Å². The molecule has 0 bridgehead atoms. The van der Waals surface area contributed by atoms with E-state index in [1.807, 2.05) is 0 Å². The van der Waals surface area contributed by atoms with Crippen LogP contribution in [0.3, 0.4) is 0 Å². The molecule has 13 heavy (non-hydrogen) atoms. The number of nitrogens with two attached hydrogens (primary N) is 1. The summed E-state index contributed by atoms with van der Waals surface area (Å²) in [7, 11) is 2.22. The largest absolute Gasteiger partial charge is 0.330 e. The van der Waals surface area contributed by atoms with Crippen molar-refractivity contribution in [3.63, 3.8) is 0 Å². The molecule has 0 aromatic heterocycles. The average molecular weight is 186 g/mol. The molecule has 0 aromatic rings. The van der Waals surface area contributed by atoms with Gasteiger partial charge in [0.05, 0.1) is 0 Å². The van der Waals surface area contributed by atoms with E-state index in [2.05, 4.69) is 32.7 Å². The van der Waals surface area contributed by atoms with E-state index in [4.69, 9.17) is 5.73 Å². The van der Waals surface area contributed by atoms with E-state index in [1.54, 1.807) is 0 Å². The van der Waals surface area contributed by atoms with Crippen LogP contribution in [0.1, 0.15) is 40.0 Å². The van der Waals surface area contributed by atoms with Crippen molar-refractivity contribution < 1.29 is 0 Å². The van der Waals surface area contributed by atoms with Crippen molar-refractivity contribution in [3.8, 4) is 0 Å². The van der Waals surface area contributed by atoms with Gasteiger partial charge in [0.2, 0.25) is 0 Å². The van der Waals surface area contributed by atoms with Crippen LogP contribution in [0.25, 0.3) is 0 Å². The van der Waals surface area contributed by atoms with Gasteiger partial charge in [-0.15, -0.1) is 0 Å². The zero-order chi connectivity index (χ0) is 10.3. The van der Waals surface area contributed by atoms with Crippen molar-refractivity contribution in [2.45, 2.75) is 46.1 Å². The van der Waals surface area contributed by atoms with Crippen LogP contribution in [0.5, 0.6) is 0 Å². The summed E-state index contributed by atoms with van der Waals surface area (Å²) in [6, 6.07) is 0.737. The topological polar surface area (TPSA) is 29.3 Å². The predicted molar refractivity (Wildman–Crippen MR) is 59.8 cm³/mol. The summed E-state index contributed by atoms with van der Waals surface area (Å²) in [4.78, 5) is 2.46. The summed E-state index contributed by atoms with van der Waals surface area (Å²) in [5, 5.41) is 0. The molecule has 2 heteroatoms. The fraction of sp³-hybridized carbons (Fsp3) is 1.00. The Morgan fingerprint density at radius 3 is 1.92 bits per heavy atom. The molecule has 0 aromatic carbocycles. The molecule has 80 valence electrons. The summed E-state index contributed by atoms with van der Waals surface area (Å²) < 4.78 is 0. The molecule has 0 amide bonds. The van der Waals surface area contributed by atoms with Gasteiger partial charge >= 0.3 is 0 Å². The van der Waals surface area contributed by atoms with Crippen molar-refractivity contribution >= 4 is 0 Å². The van der Waals surface area contributed by atoms with Gasteiger partial charge in [0.25, 0.3) is 0 Å². The first-order valence-electron chi connectivity index (χ1n) is 5.59. The first kappa shape index (κ1) is 12.9. The standard InChI is InChI=1S/C11H26N2/c1-5-10(8-12)9-13(4)11(6-2)7-3/h10-11H,5-9,12H2,1-4H3. The maximum Gasteiger partial charge on any atom is 0.00870 e. The third kappa shape index (κ3) is 4.63. The first-order chi connectivity index (χ1) is 6.19. The highest BCUT2D eigenvalue weighted by atomic mass is 15.1. The molecule has 2 N–H and O–H groups in total. The molecule has 0 aliphatic heterocycles. The van der Waals surface area contributed by atoms with Crippen LogP contribution in [-0.4, -0.2) is 31.1 Å². The van der Waals surface area contributed by atoms with Gasteiger partial charge in [-0.3, -0.25) is 0 Å². The molecule has 0 rings (SSSR count). The highest BCUT2D eigenvalue weighted by Gasteiger charge is 2.13. The minimum Gasteiger partial charge on any atom is -0.330 e. The Kier molecular flexibility index (Phi) is 7.29. The fourth-order valence-corrected chi connectivity index (χ4v) is 1.84. The van der Waals surface area contributed by atoms with Crippen LogP contribution in [0.2, 0.25) is 0 Å².